The highest BCUT2D eigenvalue weighted by Crippen LogP contribution is 2.19. The van der Waals surface area contributed by atoms with Crippen LogP contribution < -0.4 is 10.5 Å². The molecule has 0 fully saturated rings. The minimum absolute atomic E-state index is 0.00190. The summed E-state index contributed by atoms with van der Waals surface area (Å²) in [5, 5.41) is 8.68. The van der Waals surface area contributed by atoms with E-state index >= 15 is 0 Å². The third-order valence-electron chi connectivity index (χ3n) is 2.57. The van der Waals surface area contributed by atoms with Crippen molar-refractivity contribution in [3.63, 3.8) is 0 Å². The highest BCUT2D eigenvalue weighted by molar-refractivity contribution is 5.76. The van der Waals surface area contributed by atoms with Crippen molar-refractivity contribution in [2.75, 3.05) is 32.5 Å². The minimum Gasteiger partial charge on any atom is -0.491 e. The van der Waals surface area contributed by atoms with Crippen LogP contribution in [-0.2, 0) is 4.79 Å². The lowest BCUT2D eigenvalue weighted by Crippen LogP contribution is -2.29. The maximum absolute atomic E-state index is 11.7. The summed E-state index contributed by atoms with van der Waals surface area (Å²) in [4.78, 5) is 13.2. The first-order valence-corrected chi connectivity index (χ1v) is 5.97. The van der Waals surface area contributed by atoms with Crippen molar-refractivity contribution in [2.24, 2.45) is 0 Å². The molecule has 0 bridgehead atoms. The second-order valence-electron chi connectivity index (χ2n) is 4.03. The molecule has 0 aliphatic rings. The van der Waals surface area contributed by atoms with Crippen molar-refractivity contribution in [3.8, 4) is 5.75 Å². The van der Waals surface area contributed by atoms with Crippen molar-refractivity contribution in [1.82, 2.24) is 4.90 Å². The summed E-state index contributed by atoms with van der Waals surface area (Å²) in [5.41, 5.74) is 6.28. The fourth-order valence-electron chi connectivity index (χ4n) is 1.48. The molecule has 0 heterocycles. The molecule has 1 rings (SSSR count). The SMILES string of the molecule is CN(CCCO)C(=O)CCOc1ccccc1N. The molecule has 0 atom stereocenters. The number of nitrogen functional groups attached to an aromatic ring is 1. The Morgan fingerprint density at radius 3 is 2.83 bits per heavy atom. The smallest absolute Gasteiger partial charge is 0.225 e. The molecule has 100 valence electrons. The van der Waals surface area contributed by atoms with Crippen LogP contribution in [0.15, 0.2) is 24.3 Å². The number of hydrogen-bond donors (Lipinski definition) is 2. The van der Waals surface area contributed by atoms with Crippen LogP contribution >= 0.6 is 0 Å². The molecule has 0 spiro atoms. The van der Waals surface area contributed by atoms with Gasteiger partial charge in [0.25, 0.3) is 0 Å². The average molecular weight is 252 g/mol. The number of nitrogens with zero attached hydrogens (tertiary/aromatic N) is 1. The number of aliphatic hydroxyl groups is 1. The topological polar surface area (TPSA) is 75.8 Å². The summed E-state index contributed by atoms with van der Waals surface area (Å²) in [5.74, 6) is 0.598. The normalized spacial score (nSPS) is 10.1. The van der Waals surface area contributed by atoms with Gasteiger partial charge in [-0.1, -0.05) is 12.1 Å². The lowest BCUT2D eigenvalue weighted by atomic mass is 10.3. The molecule has 5 heteroatoms. The summed E-state index contributed by atoms with van der Waals surface area (Å²) in [7, 11) is 1.72. The molecule has 0 aromatic heterocycles. The van der Waals surface area contributed by atoms with Gasteiger partial charge in [0.1, 0.15) is 5.75 Å². The van der Waals surface area contributed by atoms with Gasteiger partial charge in [-0.05, 0) is 18.6 Å². The summed E-state index contributed by atoms with van der Waals surface area (Å²) >= 11 is 0. The molecular formula is C13H20N2O3. The summed E-state index contributed by atoms with van der Waals surface area (Å²) < 4.78 is 5.44. The van der Waals surface area contributed by atoms with Gasteiger partial charge in [-0.25, -0.2) is 0 Å². The number of aliphatic hydroxyl groups excluding tert-OH is 1. The van der Waals surface area contributed by atoms with E-state index in [2.05, 4.69) is 0 Å². The van der Waals surface area contributed by atoms with Crippen molar-refractivity contribution in [3.05, 3.63) is 24.3 Å². The standard InChI is InChI=1S/C13H20N2O3/c1-15(8-4-9-16)13(17)7-10-18-12-6-3-2-5-11(12)14/h2-3,5-6,16H,4,7-10,14H2,1H3. The summed E-state index contributed by atoms with van der Waals surface area (Å²) in [6.45, 7) is 0.952. The fourth-order valence-corrected chi connectivity index (χ4v) is 1.48. The van der Waals surface area contributed by atoms with Crippen LogP contribution in [0.2, 0.25) is 0 Å². The molecule has 1 aromatic carbocycles. The fraction of sp³-hybridized carbons (Fsp3) is 0.462. The summed E-state index contributed by atoms with van der Waals surface area (Å²) in [6.07, 6.45) is 0.894. The van der Waals surface area contributed by atoms with E-state index in [1.165, 1.54) is 0 Å². The summed E-state index contributed by atoms with van der Waals surface area (Å²) in [6, 6.07) is 7.19. The Hall–Kier alpha value is -1.75. The Balaban J connectivity index is 2.29. The van der Waals surface area contributed by atoms with Crippen molar-refractivity contribution < 1.29 is 14.6 Å². The van der Waals surface area contributed by atoms with E-state index in [1.807, 2.05) is 12.1 Å². The zero-order valence-electron chi connectivity index (χ0n) is 10.6. The van der Waals surface area contributed by atoms with Crippen LogP contribution in [-0.4, -0.2) is 42.7 Å². The predicted molar refractivity (Wildman–Crippen MR) is 70.3 cm³/mol. The molecule has 3 N–H and O–H groups in total. The van der Waals surface area contributed by atoms with E-state index in [0.29, 0.717) is 37.4 Å². The zero-order valence-corrected chi connectivity index (χ0v) is 10.6. The molecule has 5 nitrogen and oxygen atoms in total. The number of benzene rings is 1. The van der Waals surface area contributed by atoms with Crippen LogP contribution in [0.1, 0.15) is 12.8 Å². The minimum atomic E-state index is -0.00190. The van der Waals surface area contributed by atoms with Crippen LogP contribution in [0.25, 0.3) is 0 Å². The van der Waals surface area contributed by atoms with E-state index in [1.54, 1.807) is 24.1 Å². The van der Waals surface area contributed by atoms with Gasteiger partial charge in [-0.2, -0.15) is 0 Å². The molecule has 18 heavy (non-hydrogen) atoms. The molecular weight excluding hydrogens is 232 g/mol. The first-order valence-electron chi connectivity index (χ1n) is 5.97. The van der Waals surface area contributed by atoms with Crippen LogP contribution in [0.5, 0.6) is 5.75 Å². The Morgan fingerprint density at radius 2 is 2.17 bits per heavy atom. The lowest BCUT2D eigenvalue weighted by molar-refractivity contribution is -0.130. The number of carbonyl (C=O) groups is 1. The Labute approximate surface area is 107 Å². The number of ether oxygens (including phenoxy) is 1. The van der Waals surface area contributed by atoms with Crippen molar-refractivity contribution in [2.45, 2.75) is 12.8 Å². The second kappa shape index (κ2) is 7.55. The van der Waals surface area contributed by atoms with Gasteiger partial charge in [0.05, 0.1) is 18.7 Å². The molecule has 0 saturated carbocycles. The van der Waals surface area contributed by atoms with Crippen LogP contribution in [0.3, 0.4) is 0 Å². The number of nitrogens with two attached hydrogens (primary N) is 1. The highest BCUT2D eigenvalue weighted by atomic mass is 16.5. The van der Waals surface area contributed by atoms with E-state index in [9.17, 15) is 4.79 Å². The van der Waals surface area contributed by atoms with Crippen molar-refractivity contribution in [1.29, 1.82) is 0 Å². The van der Waals surface area contributed by atoms with Crippen LogP contribution in [0, 0.1) is 0 Å². The largest absolute Gasteiger partial charge is 0.491 e. The number of hydrogen-bond acceptors (Lipinski definition) is 4. The molecule has 0 aliphatic heterocycles. The monoisotopic (exact) mass is 252 g/mol. The van der Waals surface area contributed by atoms with Gasteiger partial charge < -0.3 is 20.5 Å². The van der Waals surface area contributed by atoms with E-state index < -0.39 is 0 Å². The van der Waals surface area contributed by atoms with Gasteiger partial charge in [-0.15, -0.1) is 0 Å². The number of para-hydroxylation sites is 2. The molecule has 0 radical (unpaired) electrons. The number of carbonyl (C=O) groups excluding carboxylic acids is 1. The van der Waals surface area contributed by atoms with Crippen LogP contribution in [0.4, 0.5) is 5.69 Å². The average Bonchev–Trinajstić information content (AvgIpc) is 2.38. The van der Waals surface area contributed by atoms with Gasteiger partial charge in [0, 0.05) is 20.2 Å². The number of amides is 1. The third-order valence-corrected chi connectivity index (χ3v) is 2.57. The Bertz CT molecular complexity index is 382. The molecule has 0 aliphatic carbocycles. The maximum atomic E-state index is 11.7. The van der Waals surface area contributed by atoms with Gasteiger partial charge in [0.2, 0.25) is 5.91 Å². The van der Waals surface area contributed by atoms with Gasteiger partial charge in [-0.3, -0.25) is 4.79 Å². The second-order valence-corrected chi connectivity index (χ2v) is 4.03. The number of anilines is 1. The molecule has 1 aromatic rings. The van der Waals surface area contributed by atoms with Gasteiger partial charge >= 0.3 is 0 Å². The third kappa shape index (κ3) is 4.63. The predicted octanol–water partition coefficient (Wildman–Crippen LogP) is 0.878. The van der Waals surface area contributed by atoms with E-state index in [-0.39, 0.29) is 12.5 Å². The maximum Gasteiger partial charge on any atom is 0.225 e. The first kappa shape index (κ1) is 14.3. The number of rotatable bonds is 7. The molecule has 0 saturated heterocycles. The van der Waals surface area contributed by atoms with E-state index in [0.717, 1.165) is 0 Å². The highest BCUT2D eigenvalue weighted by Gasteiger charge is 2.08. The zero-order chi connectivity index (χ0) is 13.4. The first-order chi connectivity index (χ1) is 8.65. The van der Waals surface area contributed by atoms with Crippen molar-refractivity contribution >= 4 is 11.6 Å². The van der Waals surface area contributed by atoms with Gasteiger partial charge in [0.15, 0.2) is 0 Å². The molecule has 1 amide bonds. The quantitative estimate of drug-likeness (QED) is 0.706. The lowest BCUT2D eigenvalue weighted by Gasteiger charge is -2.16. The molecule has 0 unspecified atom stereocenters. The Morgan fingerprint density at radius 1 is 1.44 bits per heavy atom. The Kier molecular flexibility index (Phi) is 6.00. The van der Waals surface area contributed by atoms with E-state index in [4.69, 9.17) is 15.6 Å².